The predicted molar refractivity (Wildman–Crippen MR) is 145 cm³/mol. The second-order valence-electron chi connectivity index (χ2n) is 9.86. The quantitative estimate of drug-likeness (QED) is 0.483. The van der Waals surface area contributed by atoms with Crippen LogP contribution in [0, 0.1) is 0 Å². The summed E-state index contributed by atoms with van der Waals surface area (Å²) < 4.78 is 11.1. The minimum Gasteiger partial charge on any atom is -0.378 e. The average molecular weight is 472 g/mol. The minimum absolute atomic E-state index is 0.266. The number of hydrogen-bond acceptors (Lipinski definition) is 5. The van der Waals surface area contributed by atoms with Gasteiger partial charge in [0.1, 0.15) is 0 Å². The first-order valence-electron chi connectivity index (χ1n) is 12.7. The molecule has 2 aliphatic heterocycles. The van der Waals surface area contributed by atoms with Gasteiger partial charge in [0.05, 0.1) is 26.4 Å². The SMILES string of the molecule is CN(C)c1ccc(C(C)(c2ccc(N3CCOCC3)cc2)c2ccc(N3CCOCC3)cc2)cc1. The maximum Gasteiger partial charge on any atom is 0.0642 e. The molecule has 0 aromatic heterocycles. The fourth-order valence-electron chi connectivity index (χ4n) is 5.25. The zero-order chi connectivity index (χ0) is 24.3. The first kappa shape index (κ1) is 23.7. The monoisotopic (exact) mass is 471 g/mol. The van der Waals surface area contributed by atoms with Crippen molar-refractivity contribution in [2.45, 2.75) is 12.3 Å². The van der Waals surface area contributed by atoms with E-state index in [0.717, 1.165) is 52.6 Å². The highest BCUT2D eigenvalue weighted by Crippen LogP contribution is 2.40. The van der Waals surface area contributed by atoms with E-state index in [9.17, 15) is 0 Å². The van der Waals surface area contributed by atoms with Crippen molar-refractivity contribution in [3.05, 3.63) is 89.5 Å². The van der Waals surface area contributed by atoms with E-state index in [-0.39, 0.29) is 5.41 Å². The summed E-state index contributed by atoms with van der Waals surface area (Å²) in [5.41, 5.74) is 7.37. The van der Waals surface area contributed by atoms with Crippen molar-refractivity contribution in [3.8, 4) is 0 Å². The van der Waals surface area contributed by atoms with Crippen LogP contribution >= 0.6 is 0 Å². The molecule has 2 fully saturated rings. The molecule has 0 spiro atoms. The molecule has 0 saturated carbocycles. The van der Waals surface area contributed by atoms with Crippen molar-refractivity contribution in [2.75, 3.05) is 81.4 Å². The Morgan fingerprint density at radius 3 is 1.26 bits per heavy atom. The highest BCUT2D eigenvalue weighted by Gasteiger charge is 2.31. The molecule has 0 bridgehead atoms. The van der Waals surface area contributed by atoms with E-state index in [0.29, 0.717) is 0 Å². The van der Waals surface area contributed by atoms with Crippen LogP contribution in [0.3, 0.4) is 0 Å². The summed E-state index contributed by atoms with van der Waals surface area (Å²) in [4.78, 5) is 6.97. The van der Waals surface area contributed by atoms with Gasteiger partial charge in [-0.1, -0.05) is 36.4 Å². The van der Waals surface area contributed by atoms with Crippen LogP contribution in [0.4, 0.5) is 17.1 Å². The Morgan fingerprint density at radius 1 is 0.571 bits per heavy atom. The second kappa shape index (κ2) is 10.3. The Bertz CT molecular complexity index is 1020. The zero-order valence-corrected chi connectivity index (χ0v) is 21.2. The summed E-state index contributed by atoms with van der Waals surface area (Å²) in [5, 5.41) is 0. The zero-order valence-electron chi connectivity index (χ0n) is 21.2. The smallest absolute Gasteiger partial charge is 0.0642 e. The molecule has 3 aromatic rings. The molecule has 0 N–H and O–H groups in total. The maximum absolute atomic E-state index is 5.54. The van der Waals surface area contributed by atoms with E-state index in [1.165, 1.54) is 33.8 Å². The molecule has 5 heteroatoms. The lowest BCUT2D eigenvalue weighted by Gasteiger charge is -2.34. The molecule has 3 aromatic carbocycles. The molecule has 0 radical (unpaired) electrons. The average Bonchev–Trinajstić information content (AvgIpc) is 2.94. The van der Waals surface area contributed by atoms with Gasteiger partial charge in [0.15, 0.2) is 0 Å². The minimum atomic E-state index is -0.266. The number of nitrogens with zero attached hydrogens (tertiary/aromatic N) is 3. The van der Waals surface area contributed by atoms with Gasteiger partial charge in [0.25, 0.3) is 0 Å². The number of benzene rings is 3. The molecule has 35 heavy (non-hydrogen) atoms. The van der Waals surface area contributed by atoms with Crippen LogP contribution in [0.15, 0.2) is 72.8 Å². The van der Waals surface area contributed by atoms with E-state index in [1.807, 2.05) is 0 Å². The Kier molecular flexibility index (Phi) is 6.98. The molecule has 0 amide bonds. The van der Waals surface area contributed by atoms with Crippen LogP contribution in [0.1, 0.15) is 23.6 Å². The second-order valence-corrected chi connectivity index (χ2v) is 9.86. The standard InChI is InChI=1S/C30H37N3O2/c1-30(24-4-10-27(11-5-24)31(2)3,25-6-12-28(13-7-25)32-16-20-34-21-17-32)26-8-14-29(15-9-26)33-18-22-35-23-19-33/h4-15H,16-23H2,1-3H3. The number of ether oxygens (including phenoxy) is 2. The molecule has 2 heterocycles. The summed E-state index contributed by atoms with van der Waals surface area (Å²) in [7, 11) is 4.17. The highest BCUT2D eigenvalue weighted by atomic mass is 16.5. The summed E-state index contributed by atoms with van der Waals surface area (Å²) >= 11 is 0. The Labute approximate surface area is 209 Å². The van der Waals surface area contributed by atoms with Crippen molar-refractivity contribution in [3.63, 3.8) is 0 Å². The van der Waals surface area contributed by atoms with E-state index < -0.39 is 0 Å². The molecule has 0 aliphatic carbocycles. The number of anilines is 3. The number of hydrogen-bond donors (Lipinski definition) is 0. The number of rotatable bonds is 6. The van der Waals surface area contributed by atoms with Crippen LogP contribution in [-0.4, -0.2) is 66.7 Å². The third kappa shape index (κ3) is 4.89. The van der Waals surface area contributed by atoms with Crippen molar-refractivity contribution in [1.29, 1.82) is 0 Å². The Hall–Kier alpha value is -3.02. The van der Waals surface area contributed by atoms with Gasteiger partial charge in [-0.25, -0.2) is 0 Å². The first-order chi connectivity index (χ1) is 17.1. The lowest BCUT2D eigenvalue weighted by molar-refractivity contribution is 0.122. The van der Waals surface area contributed by atoms with E-state index in [1.54, 1.807) is 0 Å². The van der Waals surface area contributed by atoms with Gasteiger partial charge in [0.2, 0.25) is 0 Å². The van der Waals surface area contributed by atoms with Crippen LogP contribution in [0.25, 0.3) is 0 Å². The molecule has 5 nitrogen and oxygen atoms in total. The van der Waals surface area contributed by atoms with Crippen LogP contribution in [0.5, 0.6) is 0 Å². The Morgan fingerprint density at radius 2 is 0.914 bits per heavy atom. The van der Waals surface area contributed by atoms with Gasteiger partial charge in [0, 0.05) is 62.8 Å². The molecule has 0 atom stereocenters. The molecule has 2 aliphatic rings. The van der Waals surface area contributed by atoms with Crippen molar-refractivity contribution >= 4 is 17.1 Å². The van der Waals surface area contributed by atoms with E-state index in [4.69, 9.17) is 9.47 Å². The van der Waals surface area contributed by atoms with Gasteiger partial charge in [-0.3, -0.25) is 0 Å². The van der Waals surface area contributed by atoms with Crippen molar-refractivity contribution < 1.29 is 9.47 Å². The molecular weight excluding hydrogens is 434 g/mol. The summed E-state index contributed by atoms with van der Waals surface area (Å²) in [6.07, 6.45) is 0. The predicted octanol–water partition coefficient (Wildman–Crippen LogP) is 4.78. The number of morpholine rings is 2. The molecule has 2 saturated heterocycles. The van der Waals surface area contributed by atoms with Gasteiger partial charge in [-0.15, -0.1) is 0 Å². The topological polar surface area (TPSA) is 28.2 Å². The van der Waals surface area contributed by atoms with E-state index in [2.05, 4.69) is 109 Å². The van der Waals surface area contributed by atoms with Crippen molar-refractivity contribution in [2.24, 2.45) is 0 Å². The largest absolute Gasteiger partial charge is 0.378 e. The van der Waals surface area contributed by atoms with Crippen LogP contribution in [0.2, 0.25) is 0 Å². The van der Waals surface area contributed by atoms with Crippen LogP contribution in [-0.2, 0) is 14.9 Å². The normalized spacial score (nSPS) is 16.9. The third-order valence-corrected chi connectivity index (χ3v) is 7.60. The third-order valence-electron chi connectivity index (χ3n) is 7.60. The van der Waals surface area contributed by atoms with Gasteiger partial charge >= 0.3 is 0 Å². The molecule has 0 unspecified atom stereocenters. The maximum atomic E-state index is 5.54. The Balaban J connectivity index is 1.51. The van der Waals surface area contributed by atoms with Crippen LogP contribution < -0.4 is 14.7 Å². The fourth-order valence-corrected chi connectivity index (χ4v) is 5.25. The molecular formula is C30H37N3O2. The van der Waals surface area contributed by atoms with Gasteiger partial charge < -0.3 is 24.2 Å². The molecule has 5 rings (SSSR count). The van der Waals surface area contributed by atoms with Gasteiger partial charge in [-0.2, -0.15) is 0 Å². The highest BCUT2D eigenvalue weighted by molar-refractivity contribution is 5.59. The lowest BCUT2D eigenvalue weighted by Crippen LogP contribution is -2.36. The van der Waals surface area contributed by atoms with E-state index >= 15 is 0 Å². The lowest BCUT2D eigenvalue weighted by atomic mass is 9.71. The summed E-state index contributed by atoms with van der Waals surface area (Å²) in [6, 6.07) is 27.3. The first-order valence-corrected chi connectivity index (χ1v) is 12.7. The fraction of sp³-hybridized carbons (Fsp3) is 0.400. The summed E-state index contributed by atoms with van der Waals surface area (Å²) in [5.74, 6) is 0. The molecule has 184 valence electrons. The van der Waals surface area contributed by atoms with Crippen molar-refractivity contribution in [1.82, 2.24) is 0 Å². The summed E-state index contributed by atoms with van der Waals surface area (Å²) in [6.45, 7) is 9.35. The van der Waals surface area contributed by atoms with Gasteiger partial charge in [-0.05, 0) is 60.0 Å².